The zero-order valence-corrected chi connectivity index (χ0v) is 18.1. The van der Waals surface area contributed by atoms with Crippen LogP contribution < -0.4 is 5.32 Å². The fraction of sp³-hybridized carbons (Fsp3) is 0.391. The van der Waals surface area contributed by atoms with Crippen molar-refractivity contribution in [3.63, 3.8) is 0 Å². The summed E-state index contributed by atoms with van der Waals surface area (Å²) in [6, 6.07) is 18.1. The lowest BCUT2D eigenvalue weighted by molar-refractivity contribution is 0.298. The van der Waals surface area contributed by atoms with Gasteiger partial charge in [-0.05, 0) is 50.3 Å². The second-order valence-electron chi connectivity index (χ2n) is 7.08. The molecule has 3 rings (SSSR count). The van der Waals surface area contributed by atoms with E-state index in [1.165, 1.54) is 0 Å². The lowest BCUT2D eigenvalue weighted by Crippen LogP contribution is -2.27. The van der Waals surface area contributed by atoms with Crippen LogP contribution in [0.3, 0.4) is 0 Å². The van der Waals surface area contributed by atoms with Gasteiger partial charge in [-0.1, -0.05) is 67.9 Å². The summed E-state index contributed by atoms with van der Waals surface area (Å²) in [7, 11) is 0. The van der Waals surface area contributed by atoms with Gasteiger partial charge < -0.3 is 10.2 Å². The van der Waals surface area contributed by atoms with Crippen LogP contribution in [0.4, 0.5) is 0 Å². The van der Waals surface area contributed by atoms with Gasteiger partial charge >= 0.3 is 0 Å². The van der Waals surface area contributed by atoms with E-state index in [-0.39, 0.29) is 0 Å². The quantitative estimate of drug-likeness (QED) is 0.473. The minimum atomic E-state index is 0.624. The van der Waals surface area contributed by atoms with Crippen LogP contribution in [-0.4, -0.2) is 46.1 Å². The third kappa shape index (κ3) is 6.39. The molecule has 0 spiro atoms. The molecule has 29 heavy (non-hydrogen) atoms. The third-order valence-electron chi connectivity index (χ3n) is 5.02. The van der Waals surface area contributed by atoms with Gasteiger partial charge in [0.2, 0.25) is 0 Å². The Balaban J connectivity index is 1.67. The summed E-state index contributed by atoms with van der Waals surface area (Å²) in [5.41, 5.74) is 4.14. The van der Waals surface area contributed by atoms with Crippen molar-refractivity contribution in [3.05, 3.63) is 70.9 Å². The monoisotopic (exact) mass is 411 g/mol. The SMILES string of the molecule is CCN(CC)CCCNCc1nn(Cc2ccc(Cl)cc2)nc1-c1ccccc1. The van der Waals surface area contributed by atoms with E-state index < -0.39 is 0 Å². The molecule has 0 aliphatic heterocycles. The molecule has 0 atom stereocenters. The number of nitrogens with zero attached hydrogens (tertiary/aromatic N) is 4. The predicted molar refractivity (Wildman–Crippen MR) is 120 cm³/mol. The number of hydrogen-bond acceptors (Lipinski definition) is 4. The first-order chi connectivity index (χ1) is 14.2. The second-order valence-corrected chi connectivity index (χ2v) is 7.51. The molecule has 0 radical (unpaired) electrons. The minimum absolute atomic E-state index is 0.624. The maximum atomic E-state index is 6.00. The molecule has 0 amide bonds. The zero-order valence-electron chi connectivity index (χ0n) is 17.3. The van der Waals surface area contributed by atoms with Crippen molar-refractivity contribution in [1.29, 1.82) is 0 Å². The maximum absolute atomic E-state index is 6.00. The molecular formula is C23H30ClN5. The highest BCUT2D eigenvalue weighted by molar-refractivity contribution is 6.30. The summed E-state index contributed by atoms with van der Waals surface area (Å²) in [6.45, 7) is 10.1. The number of halogens is 1. The van der Waals surface area contributed by atoms with Gasteiger partial charge in [0, 0.05) is 17.1 Å². The molecule has 0 bridgehead atoms. The largest absolute Gasteiger partial charge is 0.311 e. The lowest BCUT2D eigenvalue weighted by atomic mass is 10.1. The molecule has 1 heterocycles. The number of hydrogen-bond donors (Lipinski definition) is 1. The van der Waals surface area contributed by atoms with E-state index >= 15 is 0 Å². The molecule has 5 nitrogen and oxygen atoms in total. The zero-order chi connectivity index (χ0) is 20.5. The van der Waals surface area contributed by atoms with Gasteiger partial charge in [0.1, 0.15) is 11.4 Å². The van der Waals surface area contributed by atoms with Gasteiger partial charge in [-0.2, -0.15) is 15.0 Å². The maximum Gasteiger partial charge on any atom is 0.117 e. The first kappa shape index (κ1) is 21.5. The molecule has 0 saturated carbocycles. The molecule has 2 aromatic carbocycles. The summed E-state index contributed by atoms with van der Waals surface area (Å²) in [4.78, 5) is 4.22. The van der Waals surface area contributed by atoms with Crippen LogP contribution in [0.5, 0.6) is 0 Å². The van der Waals surface area contributed by atoms with Crippen molar-refractivity contribution in [3.8, 4) is 11.3 Å². The van der Waals surface area contributed by atoms with Crippen LogP contribution in [-0.2, 0) is 13.1 Å². The van der Waals surface area contributed by atoms with E-state index in [4.69, 9.17) is 21.8 Å². The molecule has 0 saturated heterocycles. The Morgan fingerprint density at radius 3 is 2.38 bits per heavy atom. The van der Waals surface area contributed by atoms with Crippen LogP contribution in [0.2, 0.25) is 5.02 Å². The molecule has 0 aliphatic rings. The van der Waals surface area contributed by atoms with E-state index in [1.807, 2.05) is 42.5 Å². The van der Waals surface area contributed by atoms with E-state index in [1.54, 1.807) is 4.80 Å². The molecule has 6 heteroatoms. The van der Waals surface area contributed by atoms with E-state index in [0.717, 1.165) is 60.1 Å². The van der Waals surface area contributed by atoms with Crippen LogP contribution in [0.1, 0.15) is 31.5 Å². The first-order valence-electron chi connectivity index (χ1n) is 10.4. The number of nitrogens with one attached hydrogen (secondary N) is 1. The second kappa shape index (κ2) is 11.1. The highest BCUT2D eigenvalue weighted by atomic mass is 35.5. The van der Waals surface area contributed by atoms with Gasteiger partial charge in [0.15, 0.2) is 0 Å². The highest BCUT2D eigenvalue weighted by Crippen LogP contribution is 2.20. The third-order valence-corrected chi connectivity index (χ3v) is 5.28. The fourth-order valence-electron chi connectivity index (χ4n) is 3.32. The summed E-state index contributed by atoms with van der Waals surface area (Å²) in [5.74, 6) is 0. The Labute approximate surface area is 178 Å². The van der Waals surface area contributed by atoms with Crippen molar-refractivity contribution in [1.82, 2.24) is 25.2 Å². The number of aromatic nitrogens is 3. The Hall–Kier alpha value is -2.21. The average Bonchev–Trinajstić information content (AvgIpc) is 3.15. The minimum Gasteiger partial charge on any atom is -0.311 e. The van der Waals surface area contributed by atoms with Crippen molar-refractivity contribution in [2.45, 2.75) is 33.4 Å². The molecule has 0 aliphatic carbocycles. The molecule has 0 fully saturated rings. The van der Waals surface area contributed by atoms with Crippen molar-refractivity contribution >= 4 is 11.6 Å². The Bertz CT molecular complexity index is 857. The Kier molecular flexibility index (Phi) is 8.23. The first-order valence-corrected chi connectivity index (χ1v) is 10.7. The average molecular weight is 412 g/mol. The van der Waals surface area contributed by atoms with Gasteiger partial charge in [0.05, 0.1) is 6.54 Å². The van der Waals surface area contributed by atoms with Crippen LogP contribution in [0.15, 0.2) is 54.6 Å². The molecule has 0 unspecified atom stereocenters. The normalized spacial score (nSPS) is 11.3. The van der Waals surface area contributed by atoms with Gasteiger partial charge in [-0.15, -0.1) is 0 Å². The van der Waals surface area contributed by atoms with Gasteiger partial charge in [-0.3, -0.25) is 0 Å². The van der Waals surface area contributed by atoms with Crippen molar-refractivity contribution in [2.75, 3.05) is 26.2 Å². The fourth-order valence-corrected chi connectivity index (χ4v) is 3.45. The summed E-state index contributed by atoms with van der Waals surface area (Å²) in [5, 5.41) is 13.8. The molecular weight excluding hydrogens is 382 g/mol. The number of benzene rings is 2. The van der Waals surface area contributed by atoms with Crippen LogP contribution >= 0.6 is 11.6 Å². The molecule has 1 N–H and O–H groups in total. The Morgan fingerprint density at radius 1 is 0.966 bits per heavy atom. The predicted octanol–water partition coefficient (Wildman–Crippen LogP) is 4.47. The standard InChI is InChI=1S/C23H30ClN5/c1-3-28(4-2)16-8-15-25-17-22-23(20-9-6-5-7-10-20)27-29(26-22)18-19-11-13-21(24)14-12-19/h5-7,9-14,25H,3-4,8,15-18H2,1-2H3. The molecule has 1 aromatic heterocycles. The van der Waals surface area contributed by atoms with Crippen LogP contribution in [0.25, 0.3) is 11.3 Å². The molecule has 154 valence electrons. The Morgan fingerprint density at radius 2 is 1.69 bits per heavy atom. The van der Waals surface area contributed by atoms with E-state index in [9.17, 15) is 0 Å². The van der Waals surface area contributed by atoms with Gasteiger partial charge in [-0.25, -0.2) is 0 Å². The summed E-state index contributed by atoms with van der Waals surface area (Å²) in [6.07, 6.45) is 1.13. The van der Waals surface area contributed by atoms with Gasteiger partial charge in [0.25, 0.3) is 0 Å². The van der Waals surface area contributed by atoms with Crippen molar-refractivity contribution in [2.24, 2.45) is 0 Å². The molecule has 3 aromatic rings. The van der Waals surface area contributed by atoms with E-state index in [0.29, 0.717) is 13.1 Å². The van der Waals surface area contributed by atoms with Crippen LogP contribution in [0, 0.1) is 0 Å². The number of rotatable bonds is 11. The smallest absolute Gasteiger partial charge is 0.117 e. The highest BCUT2D eigenvalue weighted by Gasteiger charge is 2.13. The van der Waals surface area contributed by atoms with Crippen molar-refractivity contribution < 1.29 is 0 Å². The van der Waals surface area contributed by atoms with E-state index in [2.05, 4.69) is 36.2 Å². The summed E-state index contributed by atoms with van der Waals surface area (Å²) >= 11 is 6.00. The topological polar surface area (TPSA) is 46.0 Å². The summed E-state index contributed by atoms with van der Waals surface area (Å²) < 4.78 is 0. The lowest BCUT2D eigenvalue weighted by Gasteiger charge is -2.17.